The van der Waals surface area contributed by atoms with E-state index in [4.69, 9.17) is 0 Å². The lowest BCUT2D eigenvalue weighted by molar-refractivity contribution is 0.949. The molecule has 60 valence electrons. The first kappa shape index (κ1) is 9.01. The molecule has 0 saturated carbocycles. The zero-order valence-electron chi connectivity index (χ0n) is 6.53. The van der Waals surface area contributed by atoms with Gasteiger partial charge in [-0.1, -0.05) is 48.0 Å². The first-order valence-corrected chi connectivity index (χ1v) is 5.60. The molecule has 0 radical (unpaired) electrons. The van der Waals surface area contributed by atoms with Crippen LogP contribution in [0.3, 0.4) is 0 Å². The molecule has 2 heteroatoms. The highest BCUT2D eigenvalue weighted by Crippen LogP contribution is 2.18. The lowest BCUT2D eigenvalue weighted by Gasteiger charge is -2.05. The zero-order chi connectivity index (χ0) is 8.10. The Labute approximate surface area is 77.2 Å². The van der Waals surface area contributed by atoms with Crippen molar-refractivity contribution in [2.45, 2.75) is 18.6 Å². The van der Waals surface area contributed by atoms with Gasteiger partial charge >= 0.3 is 0 Å². The van der Waals surface area contributed by atoms with Crippen molar-refractivity contribution in [3.63, 3.8) is 0 Å². The van der Waals surface area contributed by atoms with Gasteiger partial charge in [0.15, 0.2) is 0 Å². The molecule has 0 aliphatic rings. The first-order chi connectivity index (χ1) is 5.33. The lowest BCUT2D eigenvalue weighted by Crippen LogP contribution is -1.98. The Morgan fingerprint density at radius 1 is 1.36 bits per heavy atom. The van der Waals surface area contributed by atoms with Crippen LogP contribution in [0.25, 0.3) is 0 Å². The van der Waals surface area contributed by atoms with Crippen LogP contribution in [0.15, 0.2) is 30.3 Å². The number of hydrogen-bond acceptors (Lipinski definition) is 2. The van der Waals surface area contributed by atoms with Crippen LogP contribution in [-0.4, -0.2) is 5.25 Å². The van der Waals surface area contributed by atoms with Gasteiger partial charge in [-0.2, -0.15) is 0 Å². The highest BCUT2D eigenvalue weighted by Gasteiger charge is 1.99. The van der Waals surface area contributed by atoms with Crippen LogP contribution >= 0.6 is 22.5 Å². The molecule has 0 heterocycles. The summed E-state index contributed by atoms with van der Waals surface area (Å²) in [6.45, 7) is 2.19. The van der Waals surface area contributed by atoms with E-state index in [2.05, 4.69) is 42.9 Å². The Hall–Kier alpha value is -0.0800. The van der Waals surface area contributed by atoms with E-state index < -0.39 is 0 Å². The van der Waals surface area contributed by atoms with Crippen molar-refractivity contribution in [3.8, 4) is 0 Å². The summed E-state index contributed by atoms with van der Waals surface area (Å²) >= 11 is 4.16. The van der Waals surface area contributed by atoms with Gasteiger partial charge in [0.25, 0.3) is 0 Å². The zero-order valence-corrected chi connectivity index (χ0v) is 8.24. The Balaban J connectivity index is 2.51. The van der Waals surface area contributed by atoms with Crippen molar-refractivity contribution >= 4 is 22.5 Å². The Kier molecular flexibility index (Phi) is 3.87. The molecular formula is C9H12S2. The first-order valence-electron chi connectivity index (χ1n) is 3.67. The maximum Gasteiger partial charge on any atom is 0.0161 e. The molecule has 0 fully saturated rings. The highest BCUT2D eigenvalue weighted by molar-refractivity contribution is 8.68. The molecule has 1 unspecified atom stereocenters. The second-order valence-corrected chi connectivity index (χ2v) is 4.25. The predicted octanol–water partition coefficient (Wildman–Crippen LogP) is 3.20. The van der Waals surface area contributed by atoms with E-state index in [1.165, 1.54) is 5.56 Å². The monoisotopic (exact) mass is 184 g/mol. The molecule has 11 heavy (non-hydrogen) atoms. The second kappa shape index (κ2) is 4.73. The van der Waals surface area contributed by atoms with E-state index in [0.29, 0.717) is 5.25 Å². The van der Waals surface area contributed by atoms with Crippen LogP contribution in [-0.2, 0) is 6.42 Å². The van der Waals surface area contributed by atoms with Gasteiger partial charge in [0, 0.05) is 5.25 Å². The molecular weight excluding hydrogens is 172 g/mol. The molecule has 0 aliphatic heterocycles. The number of benzene rings is 1. The fraction of sp³-hybridized carbons (Fsp3) is 0.333. The van der Waals surface area contributed by atoms with Crippen LogP contribution in [0.1, 0.15) is 12.5 Å². The largest absolute Gasteiger partial charge is 0.111 e. The van der Waals surface area contributed by atoms with Gasteiger partial charge in [-0.3, -0.25) is 0 Å². The van der Waals surface area contributed by atoms with E-state index >= 15 is 0 Å². The smallest absolute Gasteiger partial charge is 0.0161 e. The average Bonchev–Trinajstić information content (AvgIpc) is 2.06. The summed E-state index contributed by atoms with van der Waals surface area (Å²) in [5.74, 6) is 0. The Bertz CT molecular complexity index is 196. The van der Waals surface area contributed by atoms with Gasteiger partial charge in [0.05, 0.1) is 0 Å². The Morgan fingerprint density at radius 2 is 2.00 bits per heavy atom. The minimum atomic E-state index is 0.598. The summed E-state index contributed by atoms with van der Waals surface area (Å²) in [6, 6.07) is 10.5. The summed E-state index contributed by atoms with van der Waals surface area (Å²) < 4.78 is 0. The topological polar surface area (TPSA) is 0 Å². The standard InChI is InChI=1S/C9H12S2/c1-8(11-10)7-9-5-3-2-4-6-9/h2-6,8,10H,7H2,1H3. The molecule has 1 atom stereocenters. The van der Waals surface area contributed by atoms with Gasteiger partial charge in [-0.15, -0.1) is 11.7 Å². The van der Waals surface area contributed by atoms with E-state index in [1.54, 1.807) is 10.8 Å². The molecule has 1 rings (SSSR count). The average molecular weight is 184 g/mol. The van der Waals surface area contributed by atoms with Crippen molar-refractivity contribution in [1.82, 2.24) is 0 Å². The molecule has 0 N–H and O–H groups in total. The number of thiol groups is 1. The summed E-state index contributed by atoms with van der Waals surface area (Å²) in [5, 5.41) is 0.598. The van der Waals surface area contributed by atoms with Crippen LogP contribution < -0.4 is 0 Å². The van der Waals surface area contributed by atoms with Crippen molar-refractivity contribution < 1.29 is 0 Å². The van der Waals surface area contributed by atoms with Gasteiger partial charge in [-0.25, -0.2) is 0 Å². The molecule has 1 aromatic carbocycles. The van der Waals surface area contributed by atoms with Crippen LogP contribution in [0.2, 0.25) is 0 Å². The normalized spacial score (nSPS) is 12.9. The molecule has 0 saturated heterocycles. The van der Waals surface area contributed by atoms with Crippen LogP contribution in [0, 0.1) is 0 Å². The fourth-order valence-electron chi connectivity index (χ4n) is 0.983. The van der Waals surface area contributed by atoms with Crippen LogP contribution in [0.5, 0.6) is 0 Å². The summed E-state index contributed by atoms with van der Waals surface area (Å²) in [4.78, 5) is 0. The fourth-order valence-corrected chi connectivity index (χ4v) is 1.47. The number of hydrogen-bond donors (Lipinski definition) is 1. The van der Waals surface area contributed by atoms with E-state index in [0.717, 1.165) is 6.42 Å². The maximum absolute atomic E-state index is 4.16. The van der Waals surface area contributed by atoms with Crippen molar-refractivity contribution in [2.24, 2.45) is 0 Å². The summed E-state index contributed by atoms with van der Waals surface area (Å²) in [6.07, 6.45) is 1.11. The highest BCUT2D eigenvalue weighted by atomic mass is 33.1. The predicted molar refractivity (Wildman–Crippen MR) is 56.2 cm³/mol. The summed E-state index contributed by atoms with van der Waals surface area (Å²) in [7, 11) is 1.61. The van der Waals surface area contributed by atoms with Crippen molar-refractivity contribution in [3.05, 3.63) is 35.9 Å². The second-order valence-electron chi connectivity index (χ2n) is 2.61. The minimum Gasteiger partial charge on any atom is -0.111 e. The molecule has 0 spiro atoms. The van der Waals surface area contributed by atoms with Gasteiger partial charge in [-0.05, 0) is 12.0 Å². The van der Waals surface area contributed by atoms with Crippen molar-refractivity contribution in [2.75, 3.05) is 0 Å². The molecule has 0 aromatic heterocycles. The van der Waals surface area contributed by atoms with Crippen molar-refractivity contribution in [1.29, 1.82) is 0 Å². The quantitative estimate of drug-likeness (QED) is 0.556. The molecule has 1 aromatic rings. The SMILES string of the molecule is CC(Cc1ccccc1)SS. The number of rotatable bonds is 3. The summed E-state index contributed by atoms with van der Waals surface area (Å²) in [5.41, 5.74) is 1.39. The lowest BCUT2D eigenvalue weighted by atomic mass is 10.1. The van der Waals surface area contributed by atoms with E-state index in [-0.39, 0.29) is 0 Å². The molecule has 0 nitrogen and oxygen atoms in total. The van der Waals surface area contributed by atoms with Gasteiger partial charge in [0.2, 0.25) is 0 Å². The van der Waals surface area contributed by atoms with Crippen LogP contribution in [0.4, 0.5) is 0 Å². The Morgan fingerprint density at radius 3 is 2.55 bits per heavy atom. The molecule has 0 bridgehead atoms. The molecule has 0 amide bonds. The molecule has 0 aliphatic carbocycles. The third kappa shape index (κ3) is 3.21. The maximum atomic E-state index is 4.16. The minimum absolute atomic E-state index is 0.598. The third-order valence-corrected chi connectivity index (χ3v) is 3.15. The van der Waals surface area contributed by atoms with Gasteiger partial charge in [0.1, 0.15) is 0 Å². The van der Waals surface area contributed by atoms with E-state index in [1.807, 2.05) is 6.07 Å². The van der Waals surface area contributed by atoms with E-state index in [9.17, 15) is 0 Å². The van der Waals surface area contributed by atoms with Gasteiger partial charge < -0.3 is 0 Å². The third-order valence-electron chi connectivity index (χ3n) is 1.55.